The quantitative estimate of drug-likeness (QED) is 0.623. The summed E-state index contributed by atoms with van der Waals surface area (Å²) in [6.07, 6.45) is 5.75. The number of hydrogen-bond donors (Lipinski definition) is 1. The molecule has 1 saturated heterocycles. The number of likely N-dealkylation sites (tertiary alicyclic amines) is 1. The van der Waals surface area contributed by atoms with Crippen molar-refractivity contribution in [3.8, 4) is 0 Å². The molecule has 1 aromatic carbocycles. The molecule has 2 amide bonds. The van der Waals surface area contributed by atoms with Crippen LogP contribution in [0, 0.1) is 30.4 Å². The Labute approximate surface area is 201 Å². The average Bonchev–Trinajstić information content (AvgIpc) is 3.52. The number of hydrogen-bond acceptors (Lipinski definition) is 5. The van der Waals surface area contributed by atoms with Gasteiger partial charge in [0.15, 0.2) is 17.5 Å². The fraction of sp³-hybridized carbons (Fsp3) is 0.320. The van der Waals surface area contributed by atoms with E-state index in [9.17, 15) is 13.6 Å². The molecule has 180 valence electrons. The molecule has 0 spiro atoms. The topological polar surface area (TPSA) is 68.5 Å². The number of aryl methyl sites for hydroxylation is 1. The third-order valence-electron chi connectivity index (χ3n) is 6.94. The van der Waals surface area contributed by atoms with Crippen LogP contribution in [-0.4, -0.2) is 50.8 Å². The Hall–Kier alpha value is -3.79. The molecule has 10 heteroatoms. The highest BCUT2D eigenvalue weighted by molar-refractivity contribution is 6.02. The molecule has 35 heavy (non-hydrogen) atoms. The summed E-state index contributed by atoms with van der Waals surface area (Å²) in [4.78, 5) is 27.9. The van der Waals surface area contributed by atoms with Crippen molar-refractivity contribution >= 4 is 23.2 Å². The molecule has 2 unspecified atom stereocenters. The number of amides is 2. The third-order valence-corrected chi connectivity index (χ3v) is 6.94. The van der Waals surface area contributed by atoms with Crippen LogP contribution in [-0.2, 0) is 6.54 Å². The van der Waals surface area contributed by atoms with E-state index in [1.54, 1.807) is 18.0 Å². The molecule has 3 aromatic rings. The van der Waals surface area contributed by atoms with Gasteiger partial charge in [-0.1, -0.05) is 13.0 Å². The van der Waals surface area contributed by atoms with Gasteiger partial charge in [0.2, 0.25) is 0 Å². The maximum Gasteiger partial charge on any atom is 0.329 e. The van der Waals surface area contributed by atoms with Crippen LogP contribution in [0.1, 0.15) is 18.2 Å². The number of benzene rings is 1. The number of anilines is 1. The van der Waals surface area contributed by atoms with Crippen LogP contribution >= 0.6 is 0 Å². The summed E-state index contributed by atoms with van der Waals surface area (Å²) < 4.78 is 29.5. The van der Waals surface area contributed by atoms with E-state index in [-0.39, 0.29) is 18.6 Å². The number of rotatable bonds is 4. The first-order valence-corrected chi connectivity index (χ1v) is 11.6. The first-order chi connectivity index (χ1) is 16.9. The number of imidazole rings is 1. The molecule has 0 radical (unpaired) electrons. The molecule has 2 atom stereocenters. The molecule has 0 saturated carbocycles. The minimum atomic E-state index is -0.923. The zero-order valence-electron chi connectivity index (χ0n) is 19.4. The number of carbonyl (C=O) groups is 1. The van der Waals surface area contributed by atoms with Crippen LogP contribution in [0.3, 0.4) is 0 Å². The lowest BCUT2D eigenvalue weighted by molar-refractivity contribution is 0.216. The number of halogens is 2. The first kappa shape index (κ1) is 21.7. The van der Waals surface area contributed by atoms with Crippen molar-refractivity contribution in [1.29, 1.82) is 0 Å². The van der Waals surface area contributed by atoms with E-state index in [0.29, 0.717) is 28.8 Å². The molecule has 0 bridgehead atoms. The number of nitrogens with one attached hydrogen (secondary N) is 1. The van der Waals surface area contributed by atoms with Gasteiger partial charge in [0.25, 0.3) is 0 Å². The normalized spacial score (nSPS) is 22.5. The minimum Gasteiger partial charge on any atom is -0.325 e. The summed E-state index contributed by atoms with van der Waals surface area (Å²) in [5.41, 5.74) is 3.01. The van der Waals surface area contributed by atoms with Gasteiger partial charge in [0.1, 0.15) is 18.2 Å². The summed E-state index contributed by atoms with van der Waals surface area (Å²) in [5, 5.41) is 2.96. The molecular formula is C25H25F2N7O. The number of nitrogens with zero attached hydrogens (tertiary/aromatic N) is 6. The highest BCUT2D eigenvalue weighted by atomic mass is 19.2. The van der Waals surface area contributed by atoms with E-state index < -0.39 is 11.6 Å². The third kappa shape index (κ3) is 3.83. The highest BCUT2D eigenvalue weighted by Gasteiger charge is 2.39. The van der Waals surface area contributed by atoms with Gasteiger partial charge in [0, 0.05) is 55.9 Å². The standard InChI is InChI=1S/C25H25F2N7O/c1-15-7-19(26)20(27)8-21(15)33-13-23-29-24(30-25(35)34(23)14-33)18-12-31(9-16(18)2)10-17-11-32-6-4-3-5-22(32)28-17/h3-8,11,13,16,18H,9-10,12,14H2,1-2H3,(H,29,30,35). The van der Waals surface area contributed by atoms with Crippen molar-refractivity contribution in [3.05, 3.63) is 77.6 Å². The summed E-state index contributed by atoms with van der Waals surface area (Å²) in [6.45, 7) is 6.41. The first-order valence-electron chi connectivity index (χ1n) is 11.6. The van der Waals surface area contributed by atoms with Gasteiger partial charge in [-0.15, -0.1) is 0 Å². The van der Waals surface area contributed by atoms with Crippen molar-refractivity contribution < 1.29 is 13.6 Å². The van der Waals surface area contributed by atoms with Crippen molar-refractivity contribution in [1.82, 2.24) is 24.5 Å². The van der Waals surface area contributed by atoms with E-state index >= 15 is 0 Å². The molecule has 3 aliphatic rings. The van der Waals surface area contributed by atoms with Crippen LogP contribution in [0.5, 0.6) is 0 Å². The van der Waals surface area contributed by atoms with Crippen molar-refractivity contribution in [3.63, 3.8) is 0 Å². The number of urea groups is 1. The summed E-state index contributed by atoms with van der Waals surface area (Å²) in [5.74, 6) is -0.308. The van der Waals surface area contributed by atoms with Crippen LogP contribution in [0.2, 0.25) is 0 Å². The van der Waals surface area contributed by atoms with Crippen LogP contribution in [0.15, 0.2) is 59.7 Å². The zero-order chi connectivity index (χ0) is 24.3. The number of fused-ring (bicyclic) bond motifs is 2. The van der Waals surface area contributed by atoms with Gasteiger partial charge in [-0.3, -0.25) is 15.1 Å². The number of pyridine rings is 1. The van der Waals surface area contributed by atoms with E-state index in [2.05, 4.69) is 17.1 Å². The average molecular weight is 478 g/mol. The van der Waals surface area contributed by atoms with Crippen LogP contribution in [0.25, 0.3) is 5.65 Å². The molecule has 1 fully saturated rings. The molecule has 1 N–H and O–H groups in total. The molecule has 5 heterocycles. The fourth-order valence-corrected chi connectivity index (χ4v) is 5.17. The van der Waals surface area contributed by atoms with Gasteiger partial charge < -0.3 is 9.30 Å². The van der Waals surface area contributed by atoms with Gasteiger partial charge in [-0.05, 0) is 36.6 Å². The predicted molar refractivity (Wildman–Crippen MR) is 127 cm³/mol. The summed E-state index contributed by atoms with van der Waals surface area (Å²) in [7, 11) is 0. The number of carbonyl (C=O) groups excluding carboxylic acids is 1. The summed E-state index contributed by atoms with van der Waals surface area (Å²) >= 11 is 0. The molecule has 0 aliphatic carbocycles. The van der Waals surface area contributed by atoms with E-state index in [1.165, 1.54) is 4.90 Å². The molecule has 3 aliphatic heterocycles. The van der Waals surface area contributed by atoms with Gasteiger partial charge in [-0.25, -0.2) is 23.6 Å². The zero-order valence-corrected chi connectivity index (χ0v) is 19.4. The Morgan fingerprint density at radius 1 is 1.17 bits per heavy atom. The molecular weight excluding hydrogens is 452 g/mol. The molecule has 8 nitrogen and oxygen atoms in total. The van der Waals surface area contributed by atoms with Crippen LogP contribution in [0.4, 0.5) is 19.3 Å². The Bertz CT molecular complexity index is 1360. The van der Waals surface area contributed by atoms with Gasteiger partial charge >= 0.3 is 6.03 Å². The fourth-order valence-electron chi connectivity index (χ4n) is 5.17. The highest BCUT2D eigenvalue weighted by Crippen LogP contribution is 2.32. The Morgan fingerprint density at radius 3 is 2.83 bits per heavy atom. The predicted octanol–water partition coefficient (Wildman–Crippen LogP) is 3.69. The van der Waals surface area contributed by atoms with Crippen LogP contribution < -0.4 is 10.2 Å². The van der Waals surface area contributed by atoms with Crippen molar-refractivity contribution in [2.45, 2.75) is 20.4 Å². The second kappa shape index (κ2) is 8.16. The SMILES string of the molecule is Cc1cc(F)c(F)cc1N1C=C2N=C(C3CN(Cc4cn5ccccc5n4)CC3C)NC(=O)N2C1. The lowest BCUT2D eigenvalue weighted by Gasteiger charge is -2.28. The van der Waals surface area contributed by atoms with E-state index in [0.717, 1.165) is 43.1 Å². The number of aliphatic imine (C=N–C) groups is 1. The Kier molecular flexibility index (Phi) is 5.06. The van der Waals surface area contributed by atoms with Crippen molar-refractivity contribution in [2.75, 3.05) is 24.7 Å². The minimum absolute atomic E-state index is 0.0677. The maximum absolute atomic E-state index is 13.9. The Morgan fingerprint density at radius 2 is 2.00 bits per heavy atom. The summed E-state index contributed by atoms with van der Waals surface area (Å²) in [6, 6.07) is 7.98. The number of amidine groups is 1. The van der Waals surface area contributed by atoms with Crippen molar-refractivity contribution in [2.24, 2.45) is 16.8 Å². The lowest BCUT2D eigenvalue weighted by atomic mass is 9.96. The second-order valence-corrected chi connectivity index (χ2v) is 9.48. The molecule has 6 rings (SSSR count). The van der Waals surface area contributed by atoms with Gasteiger partial charge in [-0.2, -0.15) is 0 Å². The Balaban J connectivity index is 1.21. The number of aromatic nitrogens is 2. The second-order valence-electron chi connectivity index (χ2n) is 9.48. The lowest BCUT2D eigenvalue weighted by Crippen LogP contribution is -2.49. The monoisotopic (exact) mass is 477 g/mol. The van der Waals surface area contributed by atoms with Gasteiger partial charge in [0.05, 0.1) is 5.69 Å². The van der Waals surface area contributed by atoms with E-state index in [4.69, 9.17) is 9.98 Å². The van der Waals surface area contributed by atoms with E-state index in [1.807, 2.05) is 35.0 Å². The smallest absolute Gasteiger partial charge is 0.325 e. The molecule has 2 aromatic heterocycles. The largest absolute Gasteiger partial charge is 0.329 e. The maximum atomic E-state index is 13.9.